The van der Waals surface area contributed by atoms with Crippen molar-refractivity contribution in [3.63, 3.8) is 0 Å². The van der Waals surface area contributed by atoms with E-state index in [-0.39, 0.29) is 29.7 Å². The third-order valence-electron chi connectivity index (χ3n) is 11.5. The molecule has 0 atom stereocenters. The van der Waals surface area contributed by atoms with Crippen LogP contribution in [0.2, 0.25) is 0 Å². The Hall–Kier alpha value is -7.94. The molecule has 0 amide bonds. The van der Waals surface area contributed by atoms with Gasteiger partial charge in [-0.2, -0.15) is 0 Å². The van der Waals surface area contributed by atoms with Crippen molar-refractivity contribution in [3.05, 3.63) is 243 Å². The molecule has 11 aromatic rings. The van der Waals surface area contributed by atoms with E-state index in [9.17, 15) is 0 Å². The van der Waals surface area contributed by atoms with E-state index in [0.29, 0.717) is 5.56 Å². The Kier molecular flexibility index (Phi) is 7.59. The second-order valence-electron chi connectivity index (χ2n) is 15.0. The van der Waals surface area contributed by atoms with Crippen molar-refractivity contribution in [1.82, 2.24) is 4.57 Å². The number of para-hydroxylation sites is 2. The van der Waals surface area contributed by atoms with E-state index >= 15 is 0 Å². The van der Waals surface area contributed by atoms with Crippen LogP contribution in [0.15, 0.2) is 243 Å². The molecule has 0 spiro atoms. The maximum absolute atomic E-state index is 8.49. The lowest BCUT2D eigenvalue weighted by Crippen LogP contribution is -2.11. The lowest BCUT2D eigenvalue weighted by molar-refractivity contribution is 1.19. The molecule has 1 heterocycles. The summed E-state index contributed by atoms with van der Waals surface area (Å²) in [5.41, 5.74) is 13.6. The molecule has 0 radical (unpaired) electrons. The Morgan fingerprint density at radius 2 is 0.967 bits per heavy atom. The first kappa shape index (κ1) is 30.2. The molecule has 0 aliphatic carbocycles. The highest BCUT2D eigenvalue weighted by Gasteiger charge is 2.22. The van der Waals surface area contributed by atoms with Gasteiger partial charge in [-0.3, -0.25) is 0 Å². The van der Waals surface area contributed by atoms with E-state index in [4.69, 9.17) is 6.85 Å². The minimum absolute atomic E-state index is 0.193. The largest absolute Gasteiger partial charge is 0.310 e. The van der Waals surface area contributed by atoms with Gasteiger partial charge < -0.3 is 9.47 Å². The number of rotatable bonds is 8. The first-order chi connectivity index (χ1) is 31.8. The van der Waals surface area contributed by atoms with Crippen molar-refractivity contribution in [1.29, 1.82) is 0 Å². The van der Waals surface area contributed by atoms with Gasteiger partial charge in [-0.05, 0) is 104 Å². The summed E-state index contributed by atoms with van der Waals surface area (Å²) < 4.78 is 43.7. The maximum Gasteiger partial charge on any atom is 0.0629 e. The lowest BCUT2D eigenvalue weighted by atomic mass is 9.96. The Morgan fingerprint density at radius 3 is 1.78 bits per heavy atom. The molecule has 2 heteroatoms. The van der Waals surface area contributed by atoms with Crippen LogP contribution in [0.1, 0.15) is 6.85 Å². The highest BCUT2D eigenvalue weighted by molar-refractivity contribution is 6.17. The van der Waals surface area contributed by atoms with E-state index < -0.39 is 6.04 Å². The molecule has 2 nitrogen and oxygen atoms in total. The number of nitrogens with zero attached hydrogens (tertiary/aromatic N) is 2. The molecular weight excluding hydrogens is 725 g/mol. The van der Waals surface area contributed by atoms with Crippen molar-refractivity contribution in [2.24, 2.45) is 0 Å². The standard InChI is InChI=1S/C58H40N2/c1-3-15-41(16-4-1)44-29-31-45(32-30-44)46-33-36-49(37-34-46)59(50-22-13-21-48(39-50)42-17-5-2-6-18-42)55-26-11-9-23-52(55)53-25-14-28-57-58(53)54-24-10-12-27-56(54)60(57)51-38-35-43-19-7-8-20-47(43)40-51/h1-40H/i1D,3D,4D,15D,16D. The molecule has 0 unspecified atom stereocenters. The topological polar surface area (TPSA) is 8.17 Å². The fraction of sp³-hybridized carbons (Fsp3) is 0. The first-order valence-electron chi connectivity index (χ1n) is 22.7. The molecule has 1 aromatic heterocycles. The van der Waals surface area contributed by atoms with Gasteiger partial charge >= 0.3 is 0 Å². The van der Waals surface area contributed by atoms with Crippen LogP contribution in [0.5, 0.6) is 0 Å². The predicted molar refractivity (Wildman–Crippen MR) is 255 cm³/mol. The lowest BCUT2D eigenvalue weighted by Gasteiger charge is -2.28. The number of fused-ring (bicyclic) bond motifs is 4. The number of hydrogen-bond acceptors (Lipinski definition) is 1. The summed E-state index contributed by atoms with van der Waals surface area (Å²) in [5, 5.41) is 4.77. The maximum atomic E-state index is 8.49. The molecule has 10 aromatic carbocycles. The smallest absolute Gasteiger partial charge is 0.0629 e. The van der Waals surface area contributed by atoms with E-state index in [1.807, 2.05) is 30.3 Å². The van der Waals surface area contributed by atoms with Gasteiger partial charge in [0.15, 0.2) is 0 Å². The third-order valence-corrected chi connectivity index (χ3v) is 11.5. The quantitative estimate of drug-likeness (QED) is 0.149. The molecule has 0 fully saturated rings. The zero-order valence-electron chi connectivity index (χ0n) is 37.6. The van der Waals surface area contributed by atoms with Gasteiger partial charge in [0.25, 0.3) is 0 Å². The highest BCUT2D eigenvalue weighted by atomic mass is 15.1. The zero-order valence-corrected chi connectivity index (χ0v) is 32.6. The van der Waals surface area contributed by atoms with Gasteiger partial charge in [0, 0.05) is 33.4 Å². The average Bonchev–Trinajstić information content (AvgIpc) is 3.71. The Labute approximate surface area is 357 Å². The van der Waals surface area contributed by atoms with Gasteiger partial charge in [-0.25, -0.2) is 0 Å². The molecule has 0 N–H and O–H groups in total. The van der Waals surface area contributed by atoms with E-state index in [1.54, 1.807) is 0 Å². The molecule has 0 saturated heterocycles. The summed E-state index contributed by atoms with van der Waals surface area (Å²) in [4.78, 5) is 2.34. The number of aromatic nitrogens is 1. The summed E-state index contributed by atoms with van der Waals surface area (Å²) in [6, 6.07) is 72.9. The van der Waals surface area contributed by atoms with Gasteiger partial charge in [0.1, 0.15) is 0 Å². The predicted octanol–water partition coefficient (Wildman–Crippen LogP) is 16.1. The van der Waals surface area contributed by atoms with E-state index in [2.05, 4.69) is 191 Å². The highest BCUT2D eigenvalue weighted by Crippen LogP contribution is 2.46. The van der Waals surface area contributed by atoms with Crippen LogP contribution in [-0.4, -0.2) is 4.57 Å². The van der Waals surface area contributed by atoms with Crippen molar-refractivity contribution < 1.29 is 6.85 Å². The Balaban J connectivity index is 1.05. The van der Waals surface area contributed by atoms with E-state index in [0.717, 1.165) is 67.2 Å². The van der Waals surface area contributed by atoms with Crippen LogP contribution in [0.4, 0.5) is 17.1 Å². The summed E-state index contributed by atoms with van der Waals surface area (Å²) >= 11 is 0. The van der Waals surface area contributed by atoms with Crippen molar-refractivity contribution in [2.75, 3.05) is 4.90 Å². The summed E-state index contributed by atoms with van der Waals surface area (Å²) in [6.45, 7) is 0. The van der Waals surface area contributed by atoms with Crippen LogP contribution >= 0.6 is 0 Å². The van der Waals surface area contributed by atoms with Gasteiger partial charge in [0.2, 0.25) is 0 Å². The molecule has 0 saturated carbocycles. The zero-order chi connectivity index (χ0) is 44.2. The van der Waals surface area contributed by atoms with Crippen LogP contribution in [-0.2, 0) is 0 Å². The molecule has 0 aliphatic heterocycles. The number of hydrogen-bond donors (Lipinski definition) is 0. The SMILES string of the molecule is [2H]c1c([2H])c([2H])c(-c2ccc(-c3ccc(N(c4cccc(-c5ccccc5)c4)c4ccccc4-c4cccc5c4c4ccccc4n5-c4ccc5ccccc5c4)cc3)cc2)c([2H])c1[2H]. The fourth-order valence-electron chi connectivity index (χ4n) is 8.64. The minimum atomic E-state index is -0.398. The van der Waals surface area contributed by atoms with Crippen molar-refractivity contribution in [2.45, 2.75) is 0 Å². The average molecular weight is 770 g/mol. The van der Waals surface area contributed by atoms with Gasteiger partial charge in [-0.15, -0.1) is 0 Å². The number of benzene rings is 10. The van der Waals surface area contributed by atoms with Crippen molar-refractivity contribution >= 4 is 49.6 Å². The monoisotopic (exact) mass is 769 g/mol. The van der Waals surface area contributed by atoms with Crippen LogP contribution < -0.4 is 4.90 Å². The Morgan fingerprint density at radius 1 is 0.367 bits per heavy atom. The molecule has 60 heavy (non-hydrogen) atoms. The fourth-order valence-corrected chi connectivity index (χ4v) is 8.64. The van der Waals surface area contributed by atoms with Crippen molar-refractivity contribution in [3.8, 4) is 50.2 Å². The second kappa shape index (κ2) is 15.1. The van der Waals surface area contributed by atoms with E-state index in [1.165, 1.54) is 21.5 Å². The number of anilines is 3. The second-order valence-corrected chi connectivity index (χ2v) is 15.0. The van der Waals surface area contributed by atoms with Gasteiger partial charge in [-0.1, -0.05) is 188 Å². The molecule has 11 rings (SSSR count). The van der Waals surface area contributed by atoms with Gasteiger partial charge in [0.05, 0.1) is 23.6 Å². The van der Waals surface area contributed by atoms with Crippen LogP contribution in [0.3, 0.4) is 0 Å². The molecule has 282 valence electrons. The molecule has 0 aliphatic rings. The molecular formula is C58H40N2. The third kappa shape index (κ3) is 6.32. The van der Waals surface area contributed by atoms with Crippen LogP contribution in [0, 0.1) is 0 Å². The van der Waals surface area contributed by atoms with Crippen LogP contribution in [0.25, 0.3) is 82.8 Å². The normalized spacial score (nSPS) is 12.5. The Bertz CT molecular complexity index is 3570. The summed E-state index contributed by atoms with van der Waals surface area (Å²) in [6.07, 6.45) is 0. The molecule has 0 bridgehead atoms. The first-order valence-corrected chi connectivity index (χ1v) is 20.2. The summed E-state index contributed by atoms with van der Waals surface area (Å²) in [5.74, 6) is 0. The summed E-state index contributed by atoms with van der Waals surface area (Å²) in [7, 11) is 0. The minimum Gasteiger partial charge on any atom is -0.310 e.